The van der Waals surface area contributed by atoms with Crippen molar-refractivity contribution < 1.29 is 0 Å². The van der Waals surface area contributed by atoms with E-state index in [4.69, 9.17) is 0 Å². The molecule has 0 N–H and O–H groups in total. The highest BCUT2D eigenvalue weighted by Gasteiger charge is 2.19. The average molecular weight is 1220 g/mol. The van der Waals surface area contributed by atoms with E-state index in [-0.39, 0.29) is 0 Å². The third kappa shape index (κ3) is 8.84. The number of fused-ring (bicyclic) bond motifs is 14. The summed E-state index contributed by atoms with van der Waals surface area (Å²) in [6, 6.07) is 132. The molecule has 0 radical (unpaired) electrons. The van der Waals surface area contributed by atoms with Crippen molar-refractivity contribution in [3.05, 3.63) is 364 Å². The molecule has 0 atom stereocenters. The van der Waals surface area contributed by atoms with E-state index in [0.29, 0.717) is 0 Å². The summed E-state index contributed by atoms with van der Waals surface area (Å²) in [5.74, 6) is 0. The van der Waals surface area contributed by atoms with Crippen LogP contribution < -0.4 is 0 Å². The third-order valence-electron chi connectivity index (χ3n) is 19.9. The number of hydrogen-bond donors (Lipinski definition) is 0. The highest BCUT2D eigenvalue weighted by Crippen LogP contribution is 2.43. The highest BCUT2D eigenvalue weighted by atomic mass is 15.0. The molecule has 4 aromatic heterocycles. The van der Waals surface area contributed by atoms with Crippen LogP contribution in [0.1, 0.15) is 0 Å². The molecule has 96 heavy (non-hydrogen) atoms. The minimum absolute atomic E-state index is 1.16. The fourth-order valence-corrected chi connectivity index (χ4v) is 15.6. The molecule has 20 aromatic rings. The second-order valence-electron chi connectivity index (χ2n) is 25.1. The van der Waals surface area contributed by atoms with Crippen molar-refractivity contribution in [3.63, 3.8) is 0 Å². The van der Waals surface area contributed by atoms with Crippen molar-refractivity contribution in [3.8, 4) is 67.3 Å². The smallest absolute Gasteiger partial charge is 0.0541 e. The van der Waals surface area contributed by atoms with Gasteiger partial charge in [-0.05, 0) is 163 Å². The number of para-hydroxylation sites is 8. The first-order chi connectivity index (χ1) is 47.7. The summed E-state index contributed by atoms with van der Waals surface area (Å²) in [5.41, 5.74) is 24.2. The lowest BCUT2D eigenvalue weighted by molar-refractivity contribution is 1.18. The number of hydrogen-bond acceptors (Lipinski definition) is 0. The predicted molar refractivity (Wildman–Crippen MR) is 407 cm³/mol. The van der Waals surface area contributed by atoms with Crippen LogP contribution in [0.15, 0.2) is 364 Å². The van der Waals surface area contributed by atoms with E-state index < -0.39 is 0 Å². The standard InChI is InChI=1S/2C46H30N2/c2*1-5-19-42-38(13-1)39-14-2-6-20-43(39)47(42)34-27-23-31(24-28-34)36-17-9-11-33-12-10-18-37(46(33)36)32-25-29-35(30-26-32)48-44-21-7-3-15-40(44)41-16-4-8-22-45(41)48/h2*1-30H. The zero-order valence-electron chi connectivity index (χ0n) is 52.4. The molecule has 16 aromatic carbocycles. The summed E-state index contributed by atoms with van der Waals surface area (Å²) in [7, 11) is 0. The lowest BCUT2D eigenvalue weighted by atomic mass is 9.91. The summed E-state index contributed by atoms with van der Waals surface area (Å²) >= 11 is 0. The Morgan fingerprint density at radius 1 is 0.135 bits per heavy atom. The first-order valence-electron chi connectivity index (χ1n) is 33.1. The maximum Gasteiger partial charge on any atom is 0.0541 e. The highest BCUT2D eigenvalue weighted by molar-refractivity contribution is 6.14. The molecule has 0 amide bonds. The van der Waals surface area contributed by atoms with Crippen LogP contribution in [0.4, 0.5) is 0 Å². The molecule has 0 bridgehead atoms. The monoisotopic (exact) mass is 1220 g/mol. The largest absolute Gasteiger partial charge is 0.309 e. The van der Waals surface area contributed by atoms with Crippen LogP contribution in [-0.2, 0) is 0 Å². The zero-order valence-corrected chi connectivity index (χ0v) is 52.4. The van der Waals surface area contributed by atoms with Gasteiger partial charge >= 0.3 is 0 Å². The summed E-state index contributed by atoms with van der Waals surface area (Å²) in [5, 5.41) is 15.2. The Morgan fingerprint density at radius 3 is 0.479 bits per heavy atom. The van der Waals surface area contributed by atoms with Gasteiger partial charge in [-0.25, -0.2) is 0 Å². The Morgan fingerprint density at radius 2 is 0.302 bits per heavy atom. The van der Waals surface area contributed by atoms with Gasteiger partial charge in [-0.2, -0.15) is 0 Å². The number of rotatable bonds is 8. The van der Waals surface area contributed by atoms with Crippen molar-refractivity contribution in [1.82, 2.24) is 18.3 Å². The second kappa shape index (κ2) is 22.5. The number of nitrogens with zero attached hydrogens (tertiary/aromatic N) is 4. The first-order valence-corrected chi connectivity index (χ1v) is 33.1. The minimum atomic E-state index is 1.16. The van der Waals surface area contributed by atoms with Crippen molar-refractivity contribution in [2.24, 2.45) is 0 Å². The maximum absolute atomic E-state index is 2.38. The SMILES string of the molecule is c1cc(-c2ccc(-n3c4ccccc4c4ccccc43)cc2)c2c(-c3ccc(-n4c5ccccc5c5ccccc54)cc3)cccc2c1.c1cc(-c2ccc(-n3c4ccccc4c4ccccc43)cc2)c2c(-c3ccc(-n4c5ccccc5c5ccccc54)cc3)cccc2c1. The lowest BCUT2D eigenvalue weighted by Gasteiger charge is -2.15. The van der Waals surface area contributed by atoms with Gasteiger partial charge in [0.1, 0.15) is 0 Å². The molecular weight excluding hydrogens is 1160 g/mol. The van der Waals surface area contributed by atoms with Crippen LogP contribution in [0.25, 0.3) is 176 Å². The van der Waals surface area contributed by atoms with Crippen molar-refractivity contribution in [2.75, 3.05) is 0 Å². The molecule has 0 aliphatic rings. The Labute approximate surface area is 554 Å². The summed E-state index contributed by atoms with van der Waals surface area (Å²) in [6.45, 7) is 0. The van der Waals surface area contributed by atoms with Crippen LogP contribution in [0.2, 0.25) is 0 Å². The van der Waals surface area contributed by atoms with Gasteiger partial charge in [-0.3, -0.25) is 0 Å². The van der Waals surface area contributed by atoms with Gasteiger partial charge in [0.05, 0.1) is 44.1 Å². The molecule has 20 rings (SSSR count). The Balaban J connectivity index is 0.000000135. The van der Waals surface area contributed by atoms with Gasteiger partial charge in [0.2, 0.25) is 0 Å². The van der Waals surface area contributed by atoms with E-state index in [2.05, 4.69) is 382 Å². The first kappa shape index (κ1) is 54.9. The molecule has 4 heterocycles. The van der Waals surface area contributed by atoms with E-state index in [9.17, 15) is 0 Å². The molecule has 0 aliphatic carbocycles. The molecule has 0 saturated heterocycles. The van der Waals surface area contributed by atoms with Crippen molar-refractivity contribution in [1.29, 1.82) is 0 Å². The normalized spacial score (nSPS) is 11.8. The Kier molecular flexibility index (Phi) is 12.9. The van der Waals surface area contributed by atoms with Crippen LogP contribution in [0, 0.1) is 0 Å². The molecule has 0 spiro atoms. The molecule has 0 fully saturated rings. The van der Waals surface area contributed by atoms with Crippen LogP contribution in [0.3, 0.4) is 0 Å². The molecule has 0 aliphatic heterocycles. The third-order valence-corrected chi connectivity index (χ3v) is 19.9. The average Bonchev–Trinajstić information content (AvgIpc) is 1.56. The van der Waals surface area contributed by atoms with Gasteiger partial charge in [-0.1, -0.05) is 267 Å². The molecule has 4 heteroatoms. The van der Waals surface area contributed by atoms with Gasteiger partial charge in [-0.15, -0.1) is 0 Å². The number of aromatic nitrogens is 4. The summed E-state index contributed by atoms with van der Waals surface area (Å²) in [4.78, 5) is 0. The lowest BCUT2D eigenvalue weighted by Crippen LogP contribution is -1.94. The predicted octanol–water partition coefficient (Wildman–Crippen LogP) is 24.7. The van der Waals surface area contributed by atoms with E-state index in [1.807, 2.05) is 0 Å². The topological polar surface area (TPSA) is 19.7 Å². The van der Waals surface area contributed by atoms with Gasteiger partial charge in [0.15, 0.2) is 0 Å². The Hall–Kier alpha value is -12.8. The quantitative estimate of drug-likeness (QED) is 0.144. The minimum Gasteiger partial charge on any atom is -0.309 e. The molecule has 448 valence electrons. The fraction of sp³-hybridized carbons (Fsp3) is 0. The number of benzene rings is 16. The van der Waals surface area contributed by atoms with Gasteiger partial charge < -0.3 is 18.3 Å². The second-order valence-corrected chi connectivity index (χ2v) is 25.1. The van der Waals surface area contributed by atoms with Crippen molar-refractivity contribution >= 4 is 109 Å². The van der Waals surface area contributed by atoms with E-state index in [1.54, 1.807) is 0 Å². The maximum atomic E-state index is 2.38. The fourth-order valence-electron chi connectivity index (χ4n) is 15.6. The van der Waals surface area contributed by atoms with E-state index >= 15 is 0 Å². The Bertz CT molecular complexity index is 5420. The molecule has 0 unspecified atom stereocenters. The summed E-state index contributed by atoms with van der Waals surface area (Å²) in [6.07, 6.45) is 0. The van der Waals surface area contributed by atoms with Crippen LogP contribution >= 0.6 is 0 Å². The van der Waals surface area contributed by atoms with Crippen LogP contribution in [0.5, 0.6) is 0 Å². The molecule has 0 saturated carbocycles. The van der Waals surface area contributed by atoms with E-state index in [0.717, 1.165) is 22.7 Å². The zero-order chi connectivity index (χ0) is 63.2. The van der Waals surface area contributed by atoms with Crippen LogP contribution in [-0.4, -0.2) is 18.3 Å². The van der Waals surface area contributed by atoms with Gasteiger partial charge in [0.25, 0.3) is 0 Å². The van der Waals surface area contributed by atoms with E-state index in [1.165, 1.54) is 153 Å². The molecule has 4 nitrogen and oxygen atoms in total. The summed E-state index contributed by atoms with van der Waals surface area (Å²) < 4.78 is 9.51. The van der Waals surface area contributed by atoms with Crippen molar-refractivity contribution in [2.45, 2.75) is 0 Å². The van der Waals surface area contributed by atoms with Gasteiger partial charge in [0, 0.05) is 65.8 Å². The molecular formula is C92H60N4.